The van der Waals surface area contributed by atoms with E-state index in [1.54, 1.807) is 0 Å². The number of imidazole rings is 1. The second-order valence-electron chi connectivity index (χ2n) is 7.43. The van der Waals surface area contributed by atoms with Gasteiger partial charge in [-0.25, -0.2) is 4.98 Å². The van der Waals surface area contributed by atoms with Gasteiger partial charge in [-0.15, -0.1) is 0 Å². The van der Waals surface area contributed by atoms with Crippen molar-refractivity contribution in [1.29, 1.82) is 0 Å². The van der Waals surface area contributed by atoms with E-state index in [0.717, 1.165) is 23.3 Å². The van der Waals surface area contributed by atoms with Gasteiger partial charge < -0.3 is 9.80 Å². The third kappa shape index (κ3) is 3.14. The Morgan fingerprint density at radius 1 is 0.897 bits per heavy atom. The lowest BCUT2D eigenvalue weighted by Gasteiger charge is -2.21. The molecule has 4 aromatic rings. The zero-order valence-electron chi connectivity index (χ0n) is 16.3. The van der Waals surface area contributed by atoms with Crippen LogP contribution in [0.2, 0.25) is 0 Å². The van der Waals surface area contributed by atoms with Crippen LogP contribution in [0.15, 0.2) is 79.1 Å². The highest BCUT2D eigenvalue weighted by Crippen LogP contribution is 2.25. The summed E-state index contributed by atoms with van der Waals surface area (Å²) in [6.07, 6.45) is 1.82. The van der Waals surface area contributed by atoms with Gasteiger partial charge in [-0.1, -0.05) is 30.3 Å². The molecule has 1 aliphatic rings. The van der Waals surface area contributed by atoms with Crippen molar-refractivity contribution in [3.63, 3.8) is 0 Å². The van der Waals surface area contributed by atoms with Crippen LogP contribution < -0.4 is 4.90 Å². The zero-order valence-corrected chi connectivity index (χ0v) is 16.3. The molecule has 2 heterocycles. The summed E-state index contributed by atoms with van der Waals surface area (Å²) in [4.78, 5) is 21.8. The van der Waals surface area contributed by atoms with Gasteiger partial charge in [0.05, 0.1) is 11.0 Å². The molecule has 0 aliphatic carbocycles. The summed E-state index contributed by atoms with van der Waals surface area (Å²) >= 11 is 0. The van der Waals surface area contributed by atoms with Gasteiger partial charge in [-0.2, -0.15) is 0 Å². The molecule has 3 aromatic carbocycles. The predicted molar refractivity (Wildman–Crippen MR) is 116 cm³/mol. The fourth-order valence-electron chi connectivity index (χ4n) is 3.98. The summed E-state index contributed by atoms with van der Waals surface area (Å²) in [5.74, 6) is 0.0668. The van der Waals surface area contributed by atoms with Crippen molar-refractivity contribution in [3.05, 3.63) is 90.3 Å². The summed E-state index contributed by atoms with van der Waals surface area (Å²) in [5, 5.41) is 0. The Morgan fingerprint density at radius 2 is 1.66 bits per heavy atom. The van der Waals surface area contributed by atoms with Crippen molar-refractivity contribution < 1.29 is 4.79 Å². The minimum atomic E-state index is 0.0668. The number of aromatic nitrogens is 2. The summed E-state index contributed by atoms with van der Waals surface area (Å²) < 4.78 is 2.04. The van der Waals surface area contributed by atoms with E-state index in [2.05, 4.69) is 29.1 Å². The van der Waals surface area contributed by atoms with Crippen LogP contribution in [0.4, 0.5) is 5.69 Å². The first kappa shape index (κ1) is 17.5. The Bertz CT molecular complexity index is 1180. The van der Waals surface area contributed by atoms with E-state index in [4.69, 9.17) is 0 Å². The van der Waals surface area contributed by atoms with Gasteiger partial charge in [-0.05, 0) is 48.0 Å². The van der Waals surface area contributed by atoms with E-state index in [9.17, 15) is 4.79 Å². The van der Waals surface area contributed by atoms with Crippen LogP contribution in [0.25, 0.3) is 16.7 Å². The van der Waals surface area contributed by atoms with Crippen molar-refractivity contribution in [3.8, 4) is 5.69 Å². The zero-order chi connectivity index (χ0) is 19.8. The van der Waals surface area contributed by atoms with Gasteiger partial charge in [0.25, 0.3) is 5.91 Å². The number of fused-ring (bicyclic) bond motifs is 2. The quantitative estimate of drug-likeness (QED) is 0.524. The van der Waals surface area contributed by atoms with Gasteiger partial charge >= 0.3 is 0 Å². The fraction of sp³-hybridized carbons (Fsp3) is 0.167. The first-order valence-corrected chi connectivity index (χ1v) is 9.81. The second kappa shape index (κ2) is 7.09. The molecule has 0 fully saturated rings. The van der Waals surface area contributed by atoms with E-state index in [0.29, 0.717) is 18.7 Å². The van der Waals surface area contributed by atoms with E-state index < -0.39 is 0 Å². The van der Waals surface area contributed by atoms with E-state index >= 15 is 0 Å². The van der Waals surface area contributed by atoms with Crippen molar-refractivity contribution in [2.45, 2.75) is 6.54 Å². The molecule has 0 radical (unpaired) electrons. The lowest BCUT2D eigenvalue weighted by atomic mass is 10.1. The largest absolute Gasteiger partial charge is 0.373 e. The first-order chi connectivity index (χ1) is 14.2. The third-order valence-electron chi connectivity index (χ3n) is 5.60. The van der Waals surface area contributed by atoms with Crippen LogP contribution in [-0.2, 0) is 6.54 Å². The van der Waals surface area contributed by atoms with Gasteiger partial charge in [0.2, 0.25) is 0 Å². The lowest BCUT2D eigenvalue weighted by molar-refractivity contribution is 0.0752. The minimum absolute atomic E-state index is 0.0668. The van der Waals surface area contributed by atoms with Crippen LogP contribution in [0.3, 0.4) is 0 Å². The molecule has 1 aliphatic heterocycles. The van der Waals surface area contributed by atoms with Gasteiger partial charge in [0, 0.05) is 43.6 Å². The smallest absolute Gasteiger partial charge is 0.254 e. The molecule has 0 atom stereocenters. The average molecular weight is 382 g/mol. The van der Waals surface area contributed by atoms with Crippen molar-refractivity contribution in [2.24, 2.45) is 0 Å². The van der Waals surface area contributed by atoms with Crippen LogP contribution in [0, 0.1) is 0 Å². The number of hydrogen-bond acceptors (Lipinski definition) is 3. The summed E-state index contributed by atoms with van der Waals surface area (Å²) in [7, 11) is 2.08. The number of para-hydroxylation sites is 3. The Labute approximate surface area is 169 Å². The molecule has 0 saturated carbocycles. The molecule has 144 valence electrons. The molecular weight excluding hydrogens is 360 g/mol. The number of rotatable bonds is 2. The van der Waals surface area contributed by atoms with Crippen LogP contribution in [0.1, 0.15) is 15.9 Å². The lowest BCUT2D eigenvalue weighted by Crippen LogP contribution is -2.34. The maximum Gasteiger partial charge on any atom is 0.254 e. The third-order valence-corrected chi connectivity index (χ3v) is 5.60. The maximum atomic E-state index is 13.2. The van der Waals surface area contributed by atoms with E-state index in [-0.39, 0.29) is 5.91 Å². The van der Waals surface area contributed by atoms with Gasteiger partial charge in [0.15, 0.2) is 0 Å². The average Bonchev–Trinajstić information content (AvgIpc) is 3.12. The molecule has 0 unspecified atom stereocenters. The molecular formula is C24H22N4O. The molecule has 0 saturated heterocycles. The Hall–Kier alpha value is -3.60. The molecule has 5 nitrogen and oxygen atoms in total. The normalized spacial score (nSPS) is 14.0. The number of anilines is 1. The molecule has 0 N–H and O–H groups in total. The van der Waals surface area contributed by atoms with Crippen molar-refractivity contribution in [1.82, 2.24) is 14.5 Å². The molecule has 0 bridgehead atoms. The van der Waals surface area contributed by atoms with Gasteiger partial charge in [-0.3, -0.25) is 9.36 Å². The van der Waals surface area contributed by atoms with Crippen molar-refractivity contribution >= 4 is 22.6 Å². The standard InChI is InChI=1S/C24H22N4O/c1-26-14-15-27(16-19-6-2-4-8-22(19)26)24(29)18-10-12-20(13-11-18)28-17-25-21-7-3-5-9-23(21)28/h2-13,17H,14-16H2,1H3. The topological polar surface area (TPSA) is 41.4 Å². The second-order valence-corrected chi connectivity index (χ2v) is 7.43. The molecule has 5 rings (SSSR count). The predicted octanol–water partition coefficient (Wildman–Crippen LogP) is 4.12. The molecule has 29 heavy (non-hydrogen) atoms. The first-order valence-electron chi connectivity index (χ1n) is 9.81. The minimum Gasteiger partial charge on any atom is -0.373 e. The molecule has 0 spiro atoms. The summed E-state index contributed by atoms with van der Waals surface area (Å²) in [6.45, 7) is 2.16. The van der Waals surface area contributed by atoms with Crippen LogP contribution in [0.5, 0.6) is 0 Å². The number of carbonyl (C=O) groups excluding carboxylic acids is 1. The molecule has 1 amide bonds. The highest BCUT2D eigenvalue weighted by atomic mass is 16.2. The number of likely N-dealkylation sites (N-methyl/N-ethyl adjacent to an activating group) is 1. The summed E-state index contributed by atoms with van der Waals surface area (Å²) in [5.41, 5.74) is 6.10. The Morgan fingerprint density at radius 3 is 2.52 bits per heavy atom. The Kier molecular flexibility index (Phi) is 4.28. The Balaban J connectivity index is 1.41. The van der Waals surface area contributed by atoms with E-state index in [1.165, 1.54) is 11.3 Å². The highest BCUT2D eigenvalue weighted by molar-refractivity contribution is 5.94. The molecule has 1 aromatic heterocycles. The maximum absolute atomic E-state index is 13.2. The summed E-state index contributed by atoms with van der Waals surface area (Å²) in [6, 6.07) is 24.1. The number of carbonyl (C=O) groups is 1. The number of benzene rings is 3. The molecule has 5 heteroatoms. The monoisotopic (exact) mass is 382 g/mol. The highest BCUT2D eigenvalue weighted by Gasteiger charge is 2.22. The van der Waals surface area contributed by atoms with Gasteiger partial charge in [0.1, 0.15) is 6.33 Å². The number of hydrogen-bond donors (Lipinski definition) is 0. The number of amides is 1. The number of nitrogens with zero attached hydrogens (tertiary/aromatic N) is 4. The van der Waals surface area contributed by atoms with E-state index in [1.807, 2.05) is 76.5 Å². The SMILES string of the molecule is CN1CCN(C(=O)c2ccc(-n3cnc4ccccc43)cc2)Cc2ccccc21. The fourth-order valence-corrected chi connectivity index (χ4v) is 3.98. The van der Waals surface area contributed by atoms with Crippen LogP contribution >= 0.6 is 0 Å². The van der Waals surface area contributed by atoms with Crippen molar-refractivity contribution in [2.75, 3.05) is 25.0 Å². The van der Waals surface area contributed by atoms with Crippen LogP contribution in [-0.4, -0.2) is 40.5 Å².